The molecule has 0 aliphatic carbocycles. The van der Waals surface area contributed by atoms with E-state index in [2.05, 4.69) is 21.0 Å². The lowest BCUT2D eigenvalue weighted by molar-refractivity contribution is 0.107. The van der Waals surface area contributed by atoms with E-state index in [4.69, 9.17) is 5.84 Å². The van der Waals surface area contributed by atoms with Gasteiger partial charge in [-0.3, -0.25) is 4.79 Å². The molecule has 62 valence electrons. The van der Waals surface area contributed by atoms with Gasteiger partial charge >= 0.3 is 0 Å². The molecule has 1 aromatic carbocycles. The molecule has 0 radical (unpaired) electrons. The van der Waals surface area contributed by atoms with Crippen LogP contribution in [0.25, 0.3) is 0 Å². The van der Waals surface area contributed by atoms with E-state index in [1.807, 2.05) is 0 Å². The van der Waals surface area contributed by atoms with Crippen LogP contribution in [-0.4, -0.2) is 12.0 Å². The highest BCUT2D eigenvalue weighted by Crippen LogP contribution is 2.10. The Morgan fingerprint density at radius 1 is 1.42 bits per heavy atom. The van der Waals surface area contributed by atoms with Crippen LogP contribution in [-0.2, 0) is 0 Å². The number of hydrogen-bond acceptors (Lipinski definition) is 3. The summed E-state index contributed by atoms with van der Waals surface area (Å²) in [6.45, 7) is 0. The standard InChI is InChI=1S/C8H7BrN2O/c9-7-3-1-6(2-4-7)8(12)5-11-10/h1-5H,10H2. The van der Waals surface area contributed by atoms with Gasteiger partial charge in [0.15, 0.2) is 0 Å². The summed E-state index contributed by atoms with van der Waals surface area (Å²) in [5.41, 5.74) is 0.576. The molecular formula is C8H7BrN2O. The molecule has 4 heteroatoms. The first-order valence-electron chi connectivity index (χ1n) is 3.27. The van der Waals surface area contributed by atoms with Gasteiger partial charge in [0, 0.05) is 10.0 Å². The van der Waals surface area contributed by atoms with Crippen LogP contribution in [0.2, 0.25) is 0 Å². The van der Waals surface area contributed by atoms with Crippen molar-refractivity contribution < 1.29 is 4.79 Å². The molecule has 1 rings (SSSR count). The SMILES string of the molecule is NN=CC(=O)c1ccc(Br)cc1. The number of hydrazone groups is 1. The Labute approximate surface area is 78.4 Å². The minimum absolute atomic E-state index is 0.190. The lowest BCUT2D eigenvalue weighted by Gasteiger charge is -1.93. The molecule has 0 amide bonds. The third kappa shape index (κ3) is 2.17. The van der Waals surface area contributed by atoms with Crippen LogP contribution in [0.15, 0.2) is 33.8 Å². The first-order valence-corrected chi connectivity index (χ1v) is 4.06. The van der Waals surface area contributed by atoms with Gasteiger partial charge in [-0.2, -0.15) is 5.10 Å². The van der Waals surface area contributed by atoms with Crippen molar-refractivity contribution in [2.24, 2.45) is 10.9 Å². The Hall–Kier alpha value is -1.16. The average Bonchev–Trinajstić information content (AvgIpc) is 2.06. The normalized spacial score (nSPS) is 10.4. The molecule has 0 unspecified atom stereocenters. The van der Waals surface area contributed by atoms with Crippen molar-refractivity contribution in [3.63, 3.8) is 0 Å². The molecule has 0 bridgehead atoms. The van der Waals surface area contributed by atoms with Crippen LogP contribution in [0, 0.1) is 0 Å². The second-order valence-corrected chi connectivity index (χ2v) is 3.06. The molecule has 0 aliphatic rings. The molecule has 0 aliphatic heterocycles. The van der Waals surface area contributed by atoms with E-state index in [1.54, 1.807) is 24.3 Å². The van der Waals surface area contributed by atoms with Gasteiger partial charge in [0.05, 0.1) is 6.21 Å². The number of nitrogens with zero attached hydrogens (tertiary/aromatic N) is 1. The third-order valence-electron chi connectivity index (χ3n) is 1.32. The van der Waals surface area contributed by atoms with Gasteiger partial charge in [0.1, 0.15) is 0 Å². The average molecular weight is 227 g/mol. The molecule has 0 saturated heterocycles. The van der Waals surface area contributed by atoms with Gasteiger partial charge < -0.3 is 5.84 Å². The van der Waals surface area contributed by atoms with E-state index in [0.29, 0.717) is 5.56 Å². The van der Waals surface area contributed by atoms with Gasteiger partial charge in [-0.1, -0.05) is 15.9 Å². The quantitative estimate of drug-likeness (QED) is 0.361. The van der Waals surface area contributed by atoms with E-state index in [0.717, 1.165) is 10.7 Å². The van der Waals surface area contributed by atoms with Crippen LogP contribution in [0.5, 0.6) is 0 Å². The topological polar surface area (TPSA) is 55.4 Å². The fourth-order valence-electron chi connectivity index (χ4n) is 0.756. The molecule has 1 aromatic rings. The summed E-state index contributed by atoms with van der Waals surface area (Å²) in [5, 5.41) is 3.15. The van der Waals surface area contributed by atoms with Crippen molar-refractivity contribution in [1.82, 2.24) is 0 Å². The second-order valence-electron chi connectivity index (χ2n) is 2.15. The first kappa shape index (κ1) is 8.93. The molecule has 0 heterocycles. The van der Waals surface area contributed by atoms with E-state index < -0.39 is 0 Å². The number of ketones is 1. The Bertz CT molecular complexity index is 305. The molecule has 3 nitrogen and oxygen atoms in total. The van der Waals surface area contributed by atoms with E-state index in [9.17, 15) is 4.79 Å². The van der Waals surface area contributed by atoms with Gasteiger partial charge in [0.2, 0.25) is 5.78 Å². The summed E-state index contributed by atoms with van der Waals surface area (Å²) in [4.78, 5) is 11.1. The smallest absolute Gasteiger partial charge is 0.205 e. The number of carbonyl (C=O) groups excluding carboxylic acids is 1. The van der Waals surface area contributed by atoms with Crippen LogP contribution >= 0.6 is 15.9 Å². The summed E-state index contributed by atoms with van der Waals surface area (Å²) < 4.78 is 0.934. The van der Waals surface area contributed by atoms with Crippen LogP contribution in [0.3, 0.4) is 0 Å². The summed E-state index contributed by atoms with van der Waals surface area (Å²) in [6, 6.07) is 6.98. The third-order valence-corrected chi connectivity index (χ3v) is 1.85. The monoisotopic (exact) mass is 226 g/mol. The Kier molecular flexibility index (Phi) is 2.99. The number of nitrogens with two attached hydrogens (primary N) is 1. The molecule has 12 heavy (non-hydrogen) atoms. The summed E-state index contributed by atoms with van der Waals surface area (Å²) in [5.74, 6) is 4.65. The van der Waals surface area contributed by atoms with E-state index in [-0.39, 0.29) is 5.78 Å². The number of halogens is 1. The maximum Gasteiger partial charge on any atom is 0.205 e. The predicted octanol–water partition coefficient (Wildman–Crippen LogP) is 1.58. The van der Waals surface area contributed by atoms with Crippen molar-refractivity contribution in [1.29, 1.82) is 0 Å². The fourth-order valence-corrected chi connectivity index (χ4v) is 1.02. The highest BCUT2D eigenvalue weighted by Gasteiger charge is 2.00. The second kappa shape index (κ2) is 4.01. The Morgan fingerprint density at radius 3 is 2.50 bits per heavy atom. The van der Waals surface area contributed by atoms with Crippen molar-refractivity contribution >= 4 is 27.9 Å². The van der Waals surface area contributed by atoms with E-state index in [1.165, 1.54) is 0 Å². The van der Waals surface area contributed by atoms with Gasteiger partial charge in [0.25, 0.3) is 0 Å². The number of Topliss-reactive ketones (excluding diaryl/α,β-unsaturated/α-hetero) is 1. The summed E-state index contributed by atoms with van der Waals surface area (Å²) in [6.07, 6.45) is 1.09. The molecule has 0 spiro atoms. The molecule has 0 atom stereocenters. The summed E-state index contributed by atoms with van der Waals surface area (Å²) >= 11 is 3.26. The van der Waals surface area contributed by atoms with Crippen LogP contribution < -0.4 is 5.84 Å². The largest absolute Gasteiger partial charge is 0.323 e. The lowest BCUT2D eigenvalue weighted by atomic mass is 10.1. The fraction of sp³-hybridized carbons (Fsp3) is 0. The maximum atomic E-state index is 11.1. The van der Waals surface area contributed by atoms with Gasteiger partial charge in [-0.05, 0) is 24.3 Å². The van der Waals surface area contributed by atoms with Crippen molar-refractivity contribution in [3.8, 4) is 0 Å². The number of benzene rings is 1. The van der Waals surface area contributed by atoms with Gasteiger partial charge in [-0.25, -0.2) is 0 Å². The molecule has 2 N–H and O–H groups in total. The Balaban J connectivity index is 2.90. The Morgan fingerprint density at radius 2 is 2.00 bits per heavy atom. The lowest BCUT2D eigenvalue weighted by Crippen LogP contribution is -2.01. The maximum absolute atomic E-state index is 11.1. The molecule has 0 aromatic heterocycles. The molecule has 0 fully saturated rings. The van der Waals surface area contributed by atoms with Crippen molar-refractivity contribution in [2.45, 2.75) is 0 Å². The highest BCUT2D eigenvalue weighted by atomic mass is 79.9. The van der Waals surface area contributed by atoms with E-state index >= 15 is 0 Å². The van der Waals surface area contributed by atoms with Crippen molar-refractivity contribution in [2.75, 3.05) is 0 Å². The van der Waals surface area contributed by atoms with Crippen molar-refractivity contribution in [3.05, 3.63) is 34.3 Å². The van der Waals surface area contributed by atoms with Crippen LogP contribution in [0.4, 0.5) is 0 Å². The zero-order valence-electron chi connectivity index (χ0n) is 6.20. The highest BCUT2D eigenvalue weighted by molar-refractivity contribution is 9.10. The van der Waals surface area contributed by atoms with Gasteiger partial charge in [-0.15, -0.1) is 0 Å². The summed E-state index contributed by atoms with van der Waals surface area (Å²) in [7, 11) is 0. The zero-order valence-corrected chi connectivity index (χ0v) is 7.78. The number of rotatable bonds is 2. The molecular weight excluding hydrogens is 220 g/mol. The zero-order chi connectivity index (χ0) is 8.97. The minimum atomic E-state index is -0.190. The number of hydrogen-bond donors (Lipinski definition) is 1. The minimum Gasteiger partial charge on any atom is -0.323 e. The first-order chi connectivity index (χ1) is 5.74. The predicted molar refractivity (Wildman–Crippen MR) is 51.2 cm³/mol. The van der Waals surface area contributed by atoms with Crippen LogP contribution in [0.1, 0.15) is 10.4 Å². The number of carbonyl (C=O) groups is 1. The molecule has 0 saturated carbocycles.